The number of rotatable bonds is 0. The molecule has 1 unspecified atom stereocenters. The van der Waals surface area contributed by atoms with Crippen molar-refractivity contribution in [3.8, 4) is 0 Å². The second-order valence-electron chi connectivity index (χ2n) is 2.94. The molecule has 1 atom stereocenters. The van der Waals surface area contributed by atoms with Gasteiger partial charge in [-0.15, -0.1) is 12.4 Å². The van der Waals surface area contributed by atoms with E-state index in [-0.39, 0.29) is 25.6 Å². The van der Waals surface area contributed by atoms with Gasteiger partial charge in [0, 0.05) is 6.61 Å². The molecule has 2 rings (SSSR count). The van der Waals surface area contributed by atoms with Crippen LogP contribution < -0.4 is 5.32 Å². The molecule has 1 N–H and O–H groups in total. The monoisotopic (exact) mass is 185 g/mol. The van der Waals surface area contributed by atoms with E-state index in [2.05, 4.69) is 5.32 Å². The lowest BCUT2D eigenvalue weighted by molar-refractivity contribution is -0.154. The highest BCUT2D eigenvalue weighted by Crippen LogP contribution is 2.41. The van der Waals surface area contributed by atoms with Crippen molar-refractivity contribution in [3.63, 3.8) is 0 Å². The Labute approximate surface area is 69.7 Å². The quantitative estimate of drug-likeness (QED) is 0.603. The zero-order chi connectivity index (χ0) is 7.24. The Morgan fingerprint density at radius 2 is 2.09 bits per heavy atom. The van der Waals surface area contributed by atoms with Gasteiger partial charge in [0.05, 0.1) is 13.2 Å². The van der Waals surface area contributed by atoms with Gasteiger partial charge in [-0.1, -0.05) is 0 Å². The van der Waals surface area contributed by atoms with E-state index >= 15 is 0 Å². The van der Waals surface area contributed by atoms with Gasteiger partial charge < -0.3 is 4.74 Å². The van der Waals surface area contributed by atoms with Crippen LogP contribution in [0.2, 0.25) is 0 Å². The van der Waals surface area contributed by atoms with Crippen molar-refractivity contribution < 1.29 is 13.5 Å². The maximum atomic E-state index is 12.8. The van der Waals surface area contributed by atoms with E-state index in [1.165, 1.54) is 0 Å². The van der Waals surface area contributed by atoms with E-state index < -0.39 is 11.5 Å². The topological polar surface area (TPSA) is 21.3 Å². The summed E-state index contributed by atoms with van der Waals surface area (Å²) in [7, 11) is 0. The zero-order valence-corrected chi connectivity index (χ0v) is 6.72. The van der Waals surface area contributed by atoms with Gasteiger partial charge in [-0.3, -0.25) is 5.32 Å². The summed E-state index contributed by atoms with van der Waals surface area (Å²) >= 11 is 0. The summed E-state index contributed by atoms with van der Waals surface area (Å²) in [4.78, 5) is 0. The number of hydrogen-bond acceptors (Lipinski definition) is 2. The van der Waals surface area contributed by atoms with Crippen molar-refractivity contribution in [2.75, 3.05) is 19.8 Å². The fourth-order valence-corrected chi connectivity index (χ4v) is 1.46. The Morgan fingerprint density at radius 1 is 1.36 bits per heavy atom. The third kappa shape index (κ3) is 1.04. The van der Waals surface area contributed by atoms with Crippen LogP contribution in [0.4, 0.5) is 8.78 Å². The minimum Gasteiger partial charge on any atom is -0.379 e. The molecule has 2 saturated heterocycles. The molecule has 0 bridgehead atoms. The first-order chi connectivity index (χ1) is 4.66. The molecule has 2 nitrogen and oxygen atoms in total. The molecular weight excluding hydrogens is 176 g/mol. The zero-order valence-electron chi connectivity index (χ0n) is 5.90. The molecule has 0 aliphatic carbocycles. The summed E-state index contributed by atoms with van der Waals surface area (Å²) in [6.45, 7) is 0.443. The molecule has 0 aromatic heterocycles. The van der Waals surface area contributed by atoms with E-state index in [0.29, 0.717) is 13.0 Å². The first kappa shape index (κ1) is 9.16. The number of alkyl halides is 2. The highest BCUT2D eigenvalue weighted by molar-refractivity contribution is 5.85. The van der Waals surface area contributed by atoms with Crippen molar-refractivity contribution in [2.45, 2.75) is 17.9 Å². The fourth-order valence-electron chi connectivity index (χ4n) is 1.46. The molecule has 2 fully saturated rings. The molecule has 0 amide bonds. The van der Waals surface area contributed by atoms with Gasteiger partial charge in [0.1, 0.15) is 5.54 Å². The lowest BCUT2D eigenvalue weighted by Gasteiger charge is -2.46. The summed E-state index contributed by atoms with van der Waals surface area (Å²) in [5.41, 5.74) is -0.993. The van der Waals surface area contributed by atoms with Crippen LogP contribution in [0.15, 0.2) is 0 Å². The van der Waals surface area contributed by atoms with Gasteiger partial charge >= 0.3 is 0 Å². The Hall–Kier alpha value is 0.0700. The van der Waals surface area contributed by atoms with Crippen LogP contribution in [0.25, 0.3) is 0 Å². The number of halogens is 3. The van der Waals surface area contributed by atoms with Crippen LogP contribution in [0.3, 0.4) is 0 Å². The largest absolute Gasteiger partial charge is 0.379 e. The Balaban J connectivity index is 0.000000605. The molecule has 66 valence electrons. The summed E-state index contributed by atoms with van der Waals surface area (Å²) in [5, 5.41) is 2.74. The second kappa shape index (κ2) is 2.54. The molecule has 2 aliphatic rings. The van der Waals surface area contributed by atoms with Gasteiger partial charge in [0.25, 0.3) is 5.92 Å². The van der Waals surface area contributed by atoms with E-state index in [1.54, 1.807) is 0 Å². The van der Waals surface area contributed by atoms with E-state index in [1.807, 2.05) is 0 Å². The molecule has 1 spiro atoms. The Bertz CT molecular complexity index is 159. The van der Waals surface area contributed by atoms with Crippen LogP contribution in [0.1, 0.15) is 6.42 Å². The fraction of sp³-hybridized carbons (Fsp3) is 1.00. The van der Waals surface area contributed by atoms with Crippen molar-refractivity contribution >= 4 is 12.4 Å². The molecule has 0 saturated carbocycles. The number of nitrogens with one attached hydrogen (secondary N) is 1. The molecule has 2 aliphatic heterocycles. The Morgan fingerprint density at radius 3 is 2.27 bits per heavy atom. The summed E-state index contributed by atoms with van der Waals surface area (Å²) in [6, 6.07) is 0. The third-order valence-electron chi connectivity index (χ3n) is 2.37. The van der Waals surface area contributed by atoms with Crippen LogP contribution in [-0.4, -0.2) is 31.2 Å². The number of hydrogen-bond donors (Lipinski definition) is 1. The van der Waals surface area contributed by atoms with E-state index in [0.717, 1.165) is 0 Å². The normalized spacial score (nSPS) is 39.8. The third-order valence-corrected chi connectivity index (χ3v) is 2.37. The summed E-state index contributed by atoms with van der Waals surface area (Å²) in [5.74, 6) is -2.54. The molecule has 0 aromatic rings. The van der Waals surface area contributed by atoms with Crippen LogP contribution in [-0.2, 0) is 4.74 Å². The highest BCUT2D eigenvalue weighted by atomic mass is 35.5. The van der Waals surface area contributed by atoms with Gasteiger partial charge in [0.2, 0.25) is 0 Å². The van der Waals surface area contributed by atoms with Gasteiger partial charge in [-0.05, 0) is 6.42 Å². The maximum Gasteiger partial charge on any atom is 0.280 e. The van der Waals surface area contributed by atoms with Crippen LogP contribution >= 0.6 is 12.4 Å². The SMILES string of the molecule is Cl.FC1(F)CNC12CCOC2. The number of ether oxygens (including phenoxy) is 1. The van der Waals surface area contributed by atoms with Crippen molar-refractivity contribution in [3.05, 3.63) is 0 Å². The predicted octanol–water partition coefficient (Wildman–Crippen LogP) is 0.806. The molecule has 0 aromatic carbocycles. The maximum absolute atomic E-state index is 12.8. The standard InChI is InChI=1S/C6H9F2NO.ClH/c7-6(8)3-9-5(6)1-2-10-4-5;/h9H,1-4H2;1H. The highest BCUT2D eigenvalue weighted by Gasteiger charge is 2.63. The van der Waals surface area contributed by atoms with Crippen molar-refractivity contribution in [1.82, 2.24) is 5.32 Å². The first-order valence-electron chi connectivity index (χ1n) is 3.37. The van der Waals surface area contributed by atoms with Crippen molar-refractivity contribution in [1.29, 1.82) is 0 Å². The first-order valence-corrected chi connectivity index (χ1v) is 3.37. The second-order valence-corrected chi connectivity index (χ2v) is 2.94. The Kier molecular flexibility index (Phi) is 2.11. The average Bonchev–Trinajstić information content (AvgIpc) is 2.34. The molecule has 2 heterocycles. The van der Waals surface area contributed by atoms with Crippen LogP contribution in [0, 0.1) is 0 Å². The van der Waals surface area contributed by atoms with Gasteiger partial charge in [-0.25, -0.2) is 8.78 Å². The molecule has 5 heteroatoms. The van der Waals surface area contributed by atoms with Gasteiger partial charge in [0.15, 0.2) is 0 Å². The van der Waals surface area contributed by atoms with E-state index in [9.17, 15) is 8.78 Å². The lowest BCUT2D eigenvalue weighted by atomic mass is 9.83. The van der Waals surface area contributed by atoms with E-state index in [4.69, 9.17) is 4.74 Å². The van der Waals surface area contributed by atoms with Crippen molar-refractivity contribution in [2.24, 2.45) is 0 Å². The molecular formula is C6H10ClF2NO. The predicted molar refractivity (Wildman–Crippen MR) is 38.4 cm³/mol. The lowest BCUT2D eigenvalue weighted by Crippen LogP contribution is -2.74. The molecule has 11 heavy (non-hydrogen) atoms. The molecule has 0 radical (unpaired) electrons. The van der Waals surface area contributed by atoms with Gasteiger partial charge in [-0.2, -0.15) is 0 Å². The summed E-state index contributed by atoms with van der Waals surface area (Å²) in [6.07, 6.45) is 0.444. The summed E-state index contributed by atoms with van der Waals surface area (Å²) < 4.78 is 30.4. The average molecular weight is 186 g/mol. The van der Waals surface area contributed by atoms with Crippen LogP contribution in [0.5, 0.6) is 0 Å². The minimum atomic E-state index is -2.54. The minimum absolute atomic E-state index is 0. The smallest absolute Gasteiger partial charge is 0.280 e.